The van der Waals surface area contributed by atoms with Gasteiger partial charge >= 0.3 is 0 Å². The van der Waals surface area contributed by atoms with E-state index >= 15 is 0 Å². The largest absolute Gasteiger partial charge is 0.309 e. The lowest BCUT2D eigenvalue weighted by atomic mass is 10.0. The maximum Gasteiger partial charge on any atom is 0.160 e. The van der Waals surface area contributed by atoms with Crippen molar-refractivity contribution in [2.24, 2.45) is 0 Å². The van der Waals surface area contributed by atoms with Crippen molar-refractivity contribution in [1.29, 1.82) is 0 Å². The number of rotatable bonds is 8. The quantitative estimate of drug-likeness (QED) is 0.154. The highest BCUT2D eigenvalue weighted by molar-refractivity contribution is 6.09. The number of aromatic nitrogens is 6. The Labute approximate surface area is 353 Å². The van der Waals surface area contributed by atoms with Crippen LogP contribution in [0.4, 0.5) is 0 Å². The van der Waals surface area contributed by atoms with Gasteiger partial charge in [-0.15, -0.1) is 0 Å². The molecule has 0 fully saturated rings. The summed E-state index contributed by atoms with van der Waals surface area (Å²) in [6.45, 7) is 0. The zero-order valence-corrected chi connectivity index (χ0v) is 33.0. The van der Waals surface area contributed by atoms with Gasteiger partial charge in [-0.25, -0.2) is 15.0 Å². The van der Waals surface area contributed by atoms with E-state index in [9.17, 15) is 0 Å². The molecule has 0 spiro atoms. The van der Waals surface area contributed by atoms with Crippen molar-refractivity contribution in [2.75, 3.05) is 0 Å². The second kappa shape index (κ2) is 15.4. The predicted molar refractivity (Wildman–Crippen MR) is 248 cm³/mol. The molecule has 6 heteroatoms. The Morgan fingerprint density at radius 1 is 0.295 bits per heavy atom. The van der Waals surface area contributed by atoms with Crippen LogP contribution < -0.4 is 0 Å². The van der Waals surface area contributed by atoms with Crippen LogP contribution in [0.1, 0.15) is 0 Å². The fourth-order valence-corrected chi connectivity index (χ4v) is 8.10. The van der Waals surface area contributed by atoms with E-state index in [1.165, 1.54) is 21.8 Å². The van der Waals surface area contributed by atoms with Crippen molar-refractivity contribution in [3.8, 4) is 84.6 Å². The molecule has 0 saturated heterocycles. The molecule has 0 aliphatic carbocycles. The van der Waals surface area contributed by atoms with E-state index in [1.807, 2.05) is 66.9 Å². The summed E-state index contributed by atoms with van der Waals surface area (Å²) in [6, 6.07) is 71.1. The monoisotopic (exact) mass is 780 g/mol. The van der Waals surface area contributed by atoms with Gasteiger partial charge in [-0.1, -0.05) is 146 Å². The lowest BCUT2D eigenvalue weighted by Crippen LogP contribution is -1.96. The minimum absolute atomic E-state index is 0.677. The van der Waals surface area contributed by atoms with Crippen LogP contribution in [0.2, 0.25) is 0 Å². The minimum Gasteiger partial charge on any atom is -0.309 e. The van der Waals surface area contributed by atoms with Crippen molar-refractivity contribution in [3.05, 3.63) is 219 Å². The topological polar surface area (TPSA) is 69.4 Å². The number of hydrogen-bond acceptors (Lipinski definition) is 5. The van der Waals surface area contributed by atoms with Gasteiger partial charge in [-0.05, 0) is 77.4 Å². The van der Waals surface area contributed by atoms with Gasteiger partial charge in [0.1, 0.15) is 0 Å². The van der Waals surface area contributed by atoms with Gasteiger partial charge in [0, 0.05) is 51.1 Å². The van der Waals surface area contributed by atoms with E-state index in [0.29, 0.717) is 5.82 Å². The molecule has 6 aromatic carbocycles. The first kappa shape index (κ1) is 35.8. The summed E-state index contributed by atoms with van der Waals surface area (Å²) in [5.74, 6) is 0.677. The average molecular weight is 781 g/mol. The molecular weight excluding hydrogens is 745 g/mol. The predicted octanol–water partition coefficient (Wildman–Crippen LogP) is 13.4. The molecule has 5 aromatic heterocycles. The minimum atomic E-state index is 0.677. The molecule has 0 atom stereocenters. The van der Waals surface area contributed by atoms with E-state index in [-0.39, 0.29) is 0 Å². The number of benzene rings is 6. The summed E-state index contributed by atoms with van der Waals surface area (Å²) < 4.78 is 2.34. The molecule has 61 heavy (non-hydrogen) atoms. The third kappa shape index (κ3) is 6.92. The molecule has 0 aliphatic rings. The Bertz CT molecular complexity index is 3200. The number of para-hydroxylation sites is 2. The van der Waals surface area contributed by atoms with Crippen LogP contribution in [-0.2, 0) is 0 Å². The molecule has 0 bridgehead atoms. The van der Waals surface area contributed by atoms with Crippen molar-refractivity contribution < 1.29 is 0 Å². The fourth-order valence-electron chi connectivity index (χ4n) is 8.10. The summed E-state index contributed by atoms with van der Waals surface area (Å²) in [5.41, 5.74) is 15.6. The molecule has 11 aromatic rings. The van der Waals surface area contributed by atoms with E-state index in [0.717, 1.165) is 78.8 Å². The highest BCUT2D eigenvalue weighted by Gasteiger charge is 2.15. The Balaban J connectivity index is 0.912. The lowest BCUT2D eigenvalue weighted by Gasteiger charge is -2.12. The van der Waals surface area contributed by atoms with Crippen LogP contribution in [0.3, 0.4) is 0 Å². The Kier molecular flexibility index (Phi) is 9.06. The Hall–Kier alpha value is -8.35. The highest BCUT2D eigenvalue weighted by Crippen LogP contribution is 2.35. The molecule has 6 nitrogen and oxygen atoms in total. The van der Waals surface area contributed by atoms with Crippen LogP contribution in [0.5, 0.6) is 0 Å². The van der Waals surface area contributed by atoms with E-state index in [1.54, 1.807) is 6.20 Å². The van der Waals surface area contributed by atoms with Gasteiger partial charge in [-0.2, -0.15) is 0 Å². The van der Waals surface area contributed by atoms with Crippen LogP contribution in [-0.4, -0.2) is 29.5 Å². The normalized spacial score (nSPS) is 11.3. The van der Waals surface area contributed by atoms with Crippen LogP contribution in [0.15, 0.2) is 219 Å². The van der Waals surface area contributed by atoms with Gasteiger partial charge in [-0.3, -0.25) is 9.97 Å². The molecule has 0 radical (unpaired) electrons. The zero-order valence-electron chi connectivity index (χ0n) is 33.0. The second-order valence-electron chi connectivity index (χ2n) is 15.0. The SMILES string of the molecule is c1ccc(-c2cc(-c3ccccc3)nc(-c3ccc(-c4ccc(-c5cc(-c6ccc(-n7c8ccccc8c8ccccc87)cc6)cc(-c6ccccn6)n5)nc4)cc3)n2)cc1. The van der Waals surface area contributed by atoms with Gasteiger partial charge in [0.15, 0.2) is 5.82 Å². The van der Waals surface area contributed by atoms with E-state index in [2.05, 4.69) is 155 Å². The zero-order chi connectivity index (χ0) is 40.5. The molecule has 0 N–H and O–H groups in total. The van der Waals surface area contributed by atoms with Crippen LogP contribution in [0, 0.1) is 0 Å². The van der Waals surface area contributed by atoms with Crippen molar-refractivity contribution >= 4 is 21.8 Å². The Morgan fingerprint density at radius 2 is 0.803 bits per heavy atom. The first-order valence-corrected chi connectivity index (χ1v) is 20.3. The smallest absolute Gasteiger partial charge is 0.160 e. The van der Waals surface area contributed by atoms with Gasteiger partial charge < -0.3 is 4.57 Å². The molecular formula is C55H36N6. The standard InChI is InChI=1S/C55H36N6/c1-3-13-39(14-4-1)49-35-50(40-15-5-2-6-16-40)60-55(59-49)41-24-22-37(23-25-41)42-28-31-48(57-36-42)52-34-43(33-51(58-52)47-19-11-12-32-56-47)38-26-29-44(30-27-38)61-53-20-9-7-17-45(53)46-18-8-10-21-54(46)61/h1-36H. The molecule has 5 heterocycles. The van der Waals surface area contributed by atoms with E-state index < -0.39 is 0 Å². The summed E-state index contributed by atoms with van der Waals surface area (Å²) in [6.07, 6.45) is 3.72. The molecule has 0 amide bonds. The van der Waals surface area contributed by atoms with Gasteiger partial charge in [0.2, 0.25) is 0 Å². The van der Waals surface area contributed by atoms with Crippen LogP contribution in [0.25, 0.3) is 106 Å². The second-order valence-corrected chi connectivity index (χ2v) is 15.0. The number of hydrogen-bond donors (Lipinski definition) is 0. The first-order valence-electron chi connectivity index (χ1n) is 20.3. The summed E-state index contributed by atoms with van der Waals surface area (Å²) in [4.78, 5) is 24.7. The molecule has 11 rings (SSSR count). The van der Waals surface area contributed by atoms with Gasteiger partial charge in [0.05, 0.1) is 45.2 Å². The summed E-state index contributed by atoms with van der Waals surface area (Å²) in [5, 5.41) is 2.49. The fraction of sp³-hybridized carbons (Fsp3) is 0. The molecule has 0 aliphatic heterocycles. The number of pyridine rings is 3. The van der Waals surface area contributed by atoms with Crippen molar-refractivity contribution in [1.82, 2.24) is 29.5 Å². The first-order chi connectivity index (χ1) is 30.2. The van der Waals surface area contributed by atoms with Crippen LogP contribution >= 0.6 is 0 Å². The number of fused-ring (bicyclic) bond motifs is 3. The summed E-state index contributed by atoms with van der Waals surface area (Å²) >= 11 is 0. The summed E-state index contributed by atoms with van der Waals surface area (Å²) in [7, 11) is 0. The Morgan fingerprint density at radius 3 is 1.38 bits per heavy atom. The third-order valence-corrected chi connectivity index (χ3v) is 11.2. The maximum atomic E-state index is 5.09. The highest BCUT2D eigenvalue weighted by atomic mass is 15.0. The lowest BCUT2D eigenvalue weighted by molar-refractivity contribution is 1.18. The molecule has 286 valence electrons. The maximum absolute atomic E-state index is 5.09. The molecule has 0 unspecified atom stereocenters. The van der Waals surface area contributed by atoms with Gasteiger partial charge in [0.25, 0.3) is 0 Å². The average Bonchev–Trinajstić information content (AvgIpc) is 3.69. The van der Waals surface area contributed by atoms with E-state index in [4.69, 9.17) is 19.9 Å². The van der Waals surface area contributed by atoms with Crippen molar-refractivity contribution in [2.45, 2.75) is 0 Å². The third-order valence-electron chi connectivity index (χ3n) is 11.2. The molecule has 0 saturated carbocycles. The van der Waals surface area contributed by atoms with Crippen molar-refractivity contribution in [3.63, 3.8) is 0 Å². The number of nitrogens with zero attached hydrogens (tertiary/aromatic N) is 6.